The standard InChI is InChI=1S/C21H23N7O/c1-4-15-12-28-19(22-15)17-20(24-18(23-17)16-10-13(2)25-26(16)3)27(21(28)29)11-14-8-6-5-7-9-14/h5-10,15,22H,4,11-12H2,1-3H3. The second-order valence-corrected chi connectivity index (χ2v) is 7.58. The van der Waals surface area contributed by atoms with Gasteiger partial charge in [-0.3, -0.25) is 13.8 Å². The number of hydrogen-bond acceptors (Lipinski definition) is 5. The van der Waals surface area contributed by atoms with E-state index in [4.69, 9.17) is 9.97 Å². The lowest BCUT2D eigenvalue weighted by molar-refractivity contribution is 0.579. The average molecular weight is 389 g/mol. The fourth-order valence-corrected chi connectivity index (χ4v) is 3.99. The Morgan fingerprint density at radius 2 is 2.00 bits per heavy atom. The molecule has 1 unspecified atom stereocenters. The number of aromatic nitrogens is 6. The van der Waals surface area contributed by atoms with Gasteiger partial charge >= 0.3 is 5.69 Å². The molecule has 2 aromatic rings. The van der Waals surface area contributed by atoms with Crippen LogP contribution in [0.5, 0.6) is 0 Å². The molecule has 29 heavy (non-hydrogen) atoms. The maximum atomic E-state index is 13.4. The number of anilines is 1. The Bertz CT molecular complexity index is 1220. The molecule has 1 atom stereocenters. The van der Waals surface area contributed by atoms with E-state index in [0.717, 1.165) is 34.9 Å². The first kappa shape index (κ1) is 17.7. The van der Waals surface area contributed by atoms with Crippen LogP contribution in [0, 0.1) is 6.92 Å². The van der Waals surface area contributed by atoms with E-state index in [1.54, 1.807) is 13.8 Å². The van der Waals surface area contributed by atoms with E-state index in [1.165, 1.54) is 0 Å². The van der Waals surface area contributed by atoms with E-state index in [0.29, 0.717) is 24.7 Å². The summed E-state index contributed by atoms with van der Waals surface area (Å²) in [5.74, 6) is 1.95. The Morgan fingerprint density at radius 3 is 2.69 bits per heavy atom. The number of benzene rings is 1. The van der Waals surface area contributed by atoms with Gasteiger partial charge in [0, 0.05) is 19.6 Å². The van der Waals surface area contributed by atoms with Crippen LogP contribution in [0.25, 0.3) is 23.0 Å². The predicted molar refractivity (Wildman–Crippen MR) is 111 cm³/mol. The number of fused-ring (bicyclic) bond motifs is 3. The number of imidazole rings is 1. The molecule has 3 aliphatic rings. The summed E-state index contributed by atoms with van der Waals surface area (Å²) < 4.78 is 5.30. The van der Waals surface area contributed by atoms with E-state index < -0.39 is 0 Å². The Labute approximate surface area is 168 Å². The predicted octanol–water partition coefficient (Wildman–Crippen LogP) is 2.51. The lowest BCUT2D eigenvalue weighted by Crippen LogP contribution is -2.32. The van der Waals surface area contributed by atoms with Crippen LogP contribution < -0.4 is 11.0 Å². The fourth-order valence-electron chi connectivity index (χ4n) is 3.99. The molecule has 8 heteroatoms. The third-order valence-corrected chi connectivity index (χ3v) is 5.50. The molecule has 0 radical (unpaired) electrons. The van der Waals surface area contributed by atoms with Gasteiger partial charge in [-0.1, -0.05) is 37.3 Å². The zero-order chi connectivity index (χ0) is 20.1. The first-order valence-electron chi connectivity index (χ1n) is 9.87. The van der Waals surface area contributed by atoms with Gasteiger partial charge in [0.1, 0.15) is 17.2 Å². The molecule has 4 heterocycles. The Kier molecular flexibility index (Phi) is 4.01. The van der Waals surface area contributed by atoms with E-state index in [1.807, 2.05) is 50.4 Å². The van der Waals surface area contributed by atoms with Crippen molar-refractivity contribution in [3.05, 3.63) is 58.1 Å². The molecule has 148 valence electrons. The van der Waals surface area contributed by atoms with Crippen molar-refractivity contribution in [3.8, 4) is 23.0 Å². The van der Waals surface area contributed by atoms with Gasteiger partial charge in [0.2, 0.25) is 0 Å². The van der Waals surface area contributed by atoms with Crippen LogP contribution in [-0.4, -0.2) is 34.9 Å². The minimum absolute atomic E-state index is 0.0626. The molecule has 0 saturated carbocycles. The van der Waals surface area contributed by atoms with E-state index >= 15 is 0 Å². The van der Waals surface area contributed by atoms with Crippen LogP contribution in [0.4, 0.5) is 5.82 Å². The van der Waals surface area contributed by atoms with Crippen LogP contribution in [0.15, 0.2) is 41.2 Å². The monoisotopic (exact) mass is 389 g/mol. The van der Waals surface area contributed by atoms with Crippen molar-refractivity contribution in [3.63, 3.8) is 0 Å². The van der Waals surface area contributed by atoms with Crippen molar-refractivity contribution in [2.75, 3.05) is 5.32 Å². The van der Waals surface area contributed by atoms with Crippen molar-refractivity contribution in [1.29, 1.82) is 0 Å². The highest BCUT2D eigenvalue weighted by Gasteiger charge is 2.31. The maximum Gasteiger partial charge on any atom is 0.331 e. The van der Waals surface area contributed by atoms with E-state index in [2.05, 4.69) is 17.3 Å². The first-order chi connectivity index (χ1) is 14.0. The number of rotatable bonds is 4. The first-order valence-corrected chi connectivity index (χ1v) is 9.87. The summed E-state index contributed by atoms with van der Waals surface area (Å²) in [5.41, 5.74) is 3.45. The molecule has 0 aliphatic carbocycles. The van der Waals surface area contributed by atoms with Crippen LogP contribution in [-0.2, 0) is 20.1 Å². The average Bonchev–Trinajstić information content (AvgIpc) is 3.42. The van der Waals surface area contributed by atoms with E-state index in [9.17, 15) is 4.79 Å². The lowest BCUT2D eigenvalue weighted by atomic mass is 10.2. The highest BCUT2D eigenvalue weighted by Crippen LogP contribution is 2.33. The van der Waals surface area contributed by atoms with Crippen molar-refractivity contribution < 1.29 is 0 Å². The van der Waals surface area contributed by atoms with Crippen molar-refractivity contribution in [2.45, 2.75) is 39.4 Å². The molecule has 0 spiro atoms. The molecule has 0 fully saturated rings. The number of nitrogens with one attached hydrogen (secondary N) is 1. The Morgan fingerprint density at radius 1 is 1.21 bits per heavy atom. The van der Waals surface area contributed by atoms with Gasteiger partial charge < -0.3 is 5.32 Å². The highest BCUT2D eigenvalue weighted by molar-refractivity contribution is 5.73. The van der Waals surface area contributed by atoms with Crippen LogP contribution >= 0.6 is 0 Å². The molecule has 3 aliphatic heterocycles. The molecule has 1 N–H and O–H groups in total. The molecule has 5 rings (SSSR count). The highest BCUT2D eigenvalue weighted by atomic mass is 16.1. The van der Waals surface area contributed by atoms with Crippen LogP contribution in [0.2, 0.25) is 0 Å². The summed E-state index contributed by atoms with van der Waals surface area (Å²) >= 11 is 0. The summed E-state index contributed by atoms with van der Waals surface area (Å²) in [5, 5.41) is 7.88. The van der Waals surface area contributed by atoms with Crippen molar-refractivity contribution in [2.24, 2.45) is 7.05 Å². The molecule has 1 aromatic carbocycles. The third kappa shape index (κ3) is 2.83. The largest absolute Gasteiger partial charge is 0.365 e. The third-order valence-electron chi connectivity index (χ3n) is 5.50. The molecule has 8 nitrogen and oxygen atoms in total. The number of aryl methyl sites for hydroxylation is 2. The van der Waals surface area contributed by atoms with Crippen molar-refractivity contribution >= 4 is 5.82 Å². The summed E-state index contributed by atoms with van der Waals surface area (Å²) in [7, 11) is 1.88. The summed E-state index contributed by atoms with van der Waals surface area (Å²) in [6, 6.07) is 12.2. The Hall–Kier alpha value is -3.42. The second-order valence-electron chi connectivity index (χ2n) is 7.58. The number of hydrogen-bond donors (Lipinski definition) is 1. The molecular weight excluding hydrogens is 366 g/mol. The second kappa shape index (κ2) is 6.58. The molecule has 1 aromatic heterocycles. The molecule has 0 bridgehead atoms. The Balaban J connectivity index is 1.73. The van der Waals surface area contributed by atoms with Crippen LogP contribution in [0.3, 0.4) is 0 Å². The minimum atomic E-state index is -0.0626. The van der Waals surface area contributed by atoms with Gasteiger partial charge in [-0.25, -0.2) is 14.8 Å². The minimum Gasteiger partial charge on any atom is -0.365 e. The topological polar surface area (TPSA) is 82.6 Å². The van der Waals surface area contributed by atoms with Gasteiger partial charge in [0.25, 0.3) is 0 Å². The SMILES string of the molecule is CCC1Cn2c(c3nc(-c4cc(C)nn4C)nc-3n(Cc3ccccc3)c2=O)N1. The summed E-state index contributed by atoms with van der Waals surface area (Å²) in [4.78, 5) is 23.0. The molecule has 0 saturated heterocycles. The summed E-state index contributed by atoms with van der Waals surface area (Å²) in [6.07, 6.45) is 0.934. The maximum absolute atomic E-state index is 13.4. The van der Waals surface area contributed by atoms with Gasteiger partial charge in [-0.2, -0.15) is 5.10 Å². The van der Waals surface area contributed by atoms with Crippen molar-refractivity contribution in [1.82, 2.24) is 28.9 Å². The lowest BCUT2D eigenvalue weighted by Gasteiger charge is -2.14. The van der Waals surface area contributed by atoms with Crippen LogP contribution in [0.1, 0.15) is 24.6 Å². The molecular formula is C21H23N7O. The molecule has 0 amide bonds. The van der Waals surface area contributed by atoms with E-state index in [-0.39, 0.29) is 11.7 Å². The zero-order valence-electron chi connectivity index (χ0n) is 16.8. The van der Waals surface area contributed by atoms with Gasteiger partial charge in [0.15, 0.2) is 11.6 Å². The quantitative estimate of drug-likeness (QED) is 0.580. The number of nitrogens with zero attached hydrogens (tertiary/aromatic N) is 6. The zero-order valence-corrected chi connectivity index (χ0v) is 16.8. The fraction of sp³-hybridized carbons (Fsp3) is 0.333. The van der Waals surface area contributed by atoms with Gasteiger partial charge in [-0.15, -0.1) is 0 Å². The van der Waals surface area contributed by atoms with Gasteiger partial charge in [-0.05, 0) is 25.0 Å². The smallest absolute Gasteiger partial charge is 0.331 e. The summed E-state index contributed by atoms with van der Waals surface area (Å²) in [6.45, 7) is 5.15. The normalized spacial score (nSPS) is 15.6. The van der Waals surface area contributed by atoms with Gasteiger partial charge in [0.05, 0.1) is 12.2 Å².